The largest absolute Gasteiger partial charge is 0.481 e. The highest BCUT2D eigenvalue weighted by Crippen LogP contribution is 2.26. The minimum atomic E-state index is -0.692. The third-order valence-corrected chi connectivity index (χ3v) is 2.91. The van der Waals surface area contributed by atoms with Crippen molar-refractivity contribution in [3.63, 3.8) is 0 Å². The van der Waals surface area contributed by atoms with Crippen LogP contribution in [0.1, 0.15) is 24.1 Å². The third-order valence-electron chi connectivity index (χ3n) is 2.91. The Bertz CT molecular complexity index is 357. The first kappa shape index (κ1) is 9.24. The van der Waals surface area contributed by atoms with Crippen molar-refractivity contribution in [3.05, 3.63) is 17.5 Å². The Labute approximate surface area is 82.5 Å². The van der Waals surface area contributed by atoms with Crippen molar-refractivity contribution < 1.29 is 9.90 Å². The maximum atomic E-state index is 10.6. The molecule has 1 atom stereocenters. The summed E-state index contributed by atoms with van der Waals surface area (Å²) < 4.78 is 1.90. The van der Waals surface area contributed by atoms with E-state index in [1.54, 1.807) is 0 Å². The molecule has 1 heterocycles. The number of hydrogen-bond donors (Lipinski definition) is 1. The number of aliphatic carboxylic acids is 1. The second-order valence-corrected chi connectivity index (χ2v) is 3.95. The lowest BCUT2D eigenvalue weighted by atomic mass is 9.86. The van der Waals surface area contributed by atoms with E-state index in [-0.39, 0.29) is 6.42 Å². The van der Waals surface area contributed by atoms with Crippen molar-refractivity contribution >= 4 is 5.97 Å². The normalized spacial score (nSPS) is 20.5. The van der Waals surface area contributed by atoms with Gasteiger partial charge in [0.25, 0.3) is 0 Å². The molecule has 0 saturated heterocycles. The molecule has 0 radical (unpaired) electrons. The van der Waals surface area contributed by atoms with Crippen LogP contribution in [0.3, 0.4) is 0 Å². The Kier molecular flexibility index (Phi) is 2.27. The van der Waals surface area contributed by atoms with Crippen molar-refractivity contribution in [2.75, 3.05) is 0 Å². The maximum Gasteiger partial charge on any atom is 0.303 e. The van der Waals surface area contributed by atoms with E-state index in [0.717, 1.165) is 19.3 Å². The lowest BCUT2D eigenvalue weighted by Gasteiger charge is -2.20. The number of carbonyl (C=O) groups is 1. The zero-order valence-electron chi connectivity index (χ0n) is 8.23. The average molecular weight is 194 g/mol. The molecule has 1 aromatic rings. The van der Waals surface area contributed by atoms with E-state index in [0.29, 0.717) is 5.92 Å². The van der Waals surface area contributed by atoms with Gasteiger partial charge in [-0.1, -0.05) is 0 Å². The zero-order valence-corrected chi connectivity index (χ0v) is 8.23. The number of aryl methyl sites for hydroxylation is 1. The third kappa shape index (κ3) is 1.64. The summed E-state index contributed by atoms with van der Waals surface area (Å²) in [7, 11) is 1.94. The van der Waals surface area contributed by atoms with Gasteiger partial charge in [0.05, 0.1) is 6.20 Å². The van der Waals surface area contributed by atoms with Crippen LogP contribution in [0.5, 0.6) is 0 Å². The van der Waals surface area contributed by atoms with Gasteiger partial charge in [-0.3, -0.25) is 9.48 Å². The lowest BCUT2D eigenvalue weighted by molar-refractivity contribution is -0.138. The Hall–Kier alpha value is -1.32. The molecule has 0 fully saturated rings. The van der Waals surface area contributed by atoms with Crippen molar-refractivity contribution in [1.82, 2.24) is 9.78 Å². The van der Waals surface area contributed by atoms with Gasteiger partial charge < -0.3 is 5.11 Å². The van der Waals surface area contributed by atoms with E-state index in [2.05, 4.69) is 5.10 Å². The van der Waals surface area contributed by atoms with Crippen LogP contribution < -0.4 is 0 Å². The van der Waals surface area contributed by atoms with Crippen molar-refractivity contribution in [2.45, 2.75) is 25.7 Å². The zero-order chi connectivity index (χ0) is 10.1. The van der Waals surface area contributed by atoms with Crippen LogP contribution in [0, 0.1) is 5.92 Å². The molecule has 0 bridgehead atoms. The van der Waals surface area contributed by atoms with Gasteiger partial charge in [-0.15, -0.1) is 0 Å². The summed E-state index contributed by atoms with van der Waals surface area (Å²) in [4.78, 5) is 10.6. The van der Waals surface area contributed by atoms with Gasteiger partial charge >= 0.3 is 5.97 Å². The summed E-state index contributed by atoms with van der Waals surface area (Å²) in [5.74, 6) is -0.397. The summed E-state index contributed by atoms with van der Waals surface area (Å²) in [6.45, 7) is 0. The van der Waals surface area contributed by atoms with E-state index in [9.17, 15) is 4.79 Å². The standard InChI is InChI=1S/C10H14N2O2/c1-12-9-3-2-7(5-10(13)14)4-8(9)6-11-12/h6-7H,2-5H2,1H3,(H,13,14). The molecule has 0 spiro atoms. The number of fused-ring (bicyclic) bond motifs is 1. The van der Waals surface area contributed by atoms with Crippen LogP contribution in [0.2, 0.25) is 0 Å². The van der Waals surface area contributed by atoms with E-state index >= 15 is 0 Å². The molecular weight excluding hydrogens is 180 g/mol. The molecule has 0 aromatic carbocycles. The first-order valence-electron chi connectivity index (χ1n) is 4.88. The van der Waals surface area contributed by atoms with E-state index in [1.807, 2.05) is 17.9 Å². The highest BCUT2D eigenvalue weighted by molar-refractivity contribution is 5.67. The van der Waals surface area contributed by atoms with Gasteiger partial charge in [-0.25, -0.2) is 0 Å². The predicted molar refractivity (Wildman–Crippen MR) is 51.0 cm³/mol. The van der Waals surface area contributed by atoms with Gasteiger partial charge in [0.15, 0.2) is 0 Å². The summed E-state index contributed by atoms with van der Waals surface area (Å²) in [6.07, 6.45) is 4.95. The molecule has 1 aliphatic carbocycles. The van der Waals surface area contributed by atoms with Gasteiger partial charge in [0.1, 0.15) is 0 Å². The monoisotopic (exact) mass is 194 g/mol. The van der Waals surface area contributed by atoms with Gasteiger partial charge in [-0.2, -0.15) is 5.10 Å². The molecule has 1 aromatic heterocycles. The fourth-order valence-electron chi connectivity index (χ4n) is 2.18. The van der Waals surface area contributed by atoms with E-state index < -0.39 is 5.97 Å². The van der Waals surface area contributed by atoms with Gasteiger partial charge in [0.2, 0.25) is 0 Å². The molecule has 4 heteroatoms. The van der Waals surface area contributed by atoms with Crippen LogP contribution in [0.25, 0.3) is 0 Å². The molecule has 14 heavy (non-hydrogen) atoms. The Balaban J connectivity index is 2.10. The second kappa shape index (κ2) is 3.44. The van der Waals surface area contributed by atoms with Crippen molar-refractivity contribution in [2.24, 2.45) is 13.0 Å². The highest BCUT2D eigenvalue weighted by Gasteiger charge is 2.22. The molecule has 0 amide bonds. The molecule has 1 unspecified atom stereocenters. The van der Waals surface area contributed by atoms with Gasteiger partial charge in [-0.05, 0) is 30.7 Å². The smallest absolute Gasteiger partial charge is 0.303 e. The lowest BCUT2D eigenvalue weighted by Crippen LogP contribution is -2.18. The summed E-state index contributed by atoms with van der Waals surface area (Å²) >= 11 is 0. The summed E-state index contributed by atoms with van der Waals surface area (Å²) in [5.41, 5.74) is 2.50. The fraction of sp³-hybridized carbons (Fsp3) is 0.600. The quantitative estimate of drug-likeness (QED) is 0.764. The van der Waals surface area contributed by atoms with Crippen LogP contribution in [-0.4, -0.2) is 20.9 Å². The van der Waals surface area contributed by atoms with Gasteiger partial charge in [0, 0.05) is 19.2 Å². The fourth-order valence-corrected chi connectivity index (χ4v) is 2.18. The Morgan fingerprint density at radius 2 is 2.57 bits per heavy atom. The average Bonchev–Trinajstić information content (AvgIpc) is 2.46. The van der Waals surface area contributed by atoms with Crippen LogP contribution in [-0.2, 0) is 24.7 Å². The van der Waals surface area contributed by atoms with Crippen molar-refractivity contribution in [3.8, 4) is 0 Å². The number of carboxylic acid groups (broad SMARTS) is 1. The molecular formula is C10H14N2O2. The second-order valence-electron chi connectivity index (χ2n) is 3.95. The summed E-state index contributed by atoms with van der Waals surface area (Å²) in [5, 5.41) is 12.9. The Morgan fingerprint density at radius 3 is 3.29 bits per heavy atom. The van der Waals surface area contributed by atoms with Crippen LogP contribution >= 0.6 is 0 Å². The minimum Gasteiger partial charge on any atom is -0.481 e. The van der Waals surface area contributed by atoms with Crippen LogP contribution in [0.15, 0.2) is 6.20 Å². The number of carboxylic acids is 1. The Morgan fingerprint density at radius 1 is 1.79 bits per heavy atom. The maximum absolute atomic E-state index is 10.6. The first-order chi connectivity index (χ1) is 6.66. The van der Waals surface area contributed by atoms with E-state index in [4.69, 9.17) is 5.11 Å². The number of rotatable bonds is 2. The first-order valence-corrected chi connectivity index (χ1v) is 4.88. The molecule has 76 valence electrons. The number of aromatic nitrogens is 2. The minimum absolute atomic E-state index is 0.286. The molecule has 0 aliphatic heterocycles. The van der Waals surface area contributed by atoms with Crippen molar-refractivity contribution in [1.29, 1.82) is 0 Å². The number of hydrogen-bond acceptors (Lipinski definition) is 2. The van der Waals surface area contributed by atoms with Crippen LogP contribution in [0.4, 0.5) is 0 Å². The molecule has 1 aliphatic rings. The molecule has 4 nitrogen and oxygen atoms in total. The molecule has 2 rings (SSSR count). The molecule has 0 saturated carbocycles. The topological polar surface area (TPSA) is 55.1 Å². The predicted octanol–water partition coefficient (Wildman–Crippen LogP) is 1.000. The SMILES string of the molecule is Cn1ncc2c1CCC(CC(=O)O)C2. The summed E-state index contributed by atoms with van der Waals surface area (Å²) in [6, 6.07) is 0. The van der Waals surface area contributed by atoms with E-state index in [1.165, 1.54) is 11.3 Å². The highest BCUT2D eigenvalue weighted by atomic mass is 16.4. The molecule has 1 N–H and O–H groups in total. The number of nitrogens with zero attached hydrogens (tertiary/aromatic N) is 2.